The number of aryl methyl sites for hydroxylation is 1. The van der Waals surface area contributed by atoms with Crippen molar-refractivity contribution in [2.45, 2.75) is 75.5 Å². The van der Waals surface area contributed by atoms with Crippen molar-refractivity contribution in [2.24, 2.45) is 11.8 Å². The predicted octanol–water partition coefficient (Wildman–Crippen LogP) is 17.5. The molecule has 67 heavy (non-hydrogen) atoms. The Kier molecular flexibility index (Phi) is 10.5. The summed E-state index contributed by atoms with van der Waals surface area (Å²) in [5.41, 5.74) is 16.6. The molecule has 4 aliphatic carbocycles. The normalized spacial score (nSPS) is 20.6. The minimum Gasteiger partial charge on any atom is -0.311 e. The van der Waals surface area contributed by atoms with Gasteiger partial charge in [-0.25, -0.2) is 0 Å². The van der Waals surface area contributed by atoms with E-state index in [0.29, 0.717) is 0 Å². The second-order valence-corrected chi connectivity index (χ2v) is 20.1. The first-order valence-corrected chi connectivity index (χ1v) is 24.8. The third-order valence-electron chi connectivity index (χ3n) is 15.9. The molecule has 3 nitrogen and oxygen atoms in total. The van der Waals surface area contributed by atoms with Crippen molar-refractivity contribution in [3.8, 4) is 5.69 Å². The van der Waals surface area contributed by atoms with E-state index in [1.165, 1.54) is 107 Å². The van der Waals surface area contributed by atoms with Crippen LogP contribution in [0.5, 0.6) is 0 Å². The highest BCUT2D eigenvalue weighted by molar-refractivity contribution is 6.10. The highest BCUT2D eigenvalue weighted by Gasteiger charge is 2.58. The summed E-state index contributed by atoms with van der Waals surface area (Å²) in [7, 11) is 0. The van der Waals surface area contributed by atoms with E-state index in [2.05, 4.69) is 228 Å². The number of unbranched alkanes of at least 4 members (excludes halogenated alkanes) is 1. The van der Waals surface area contributed by atoms with Crippen LogP contribution in [0.3, 0.4) is 0 Å². The molecule has 4 saturated carbocycles. The van der Waals surface area contributed by atoms with Crippen molar-refractivity contribution < 1.29 is 0 Å². The Morgan fingerprint density at radius 1 is 0.507 bits per heavy atom. The van der Waals surface area contributed by atoms with Gasteiger partial charge >= 0.3 is 0 Å². The summed E-state index contributed by atoms with van der Waals surface area (Å²) in [4.78, 5) is 4.85. The minimum atomic E-state index is 0.230. The van der Waals surface area contributed by atoms with E-state index in [0.717, 1.165) is 41.0 Å². The molecule has 330 valence electrons. The molecule has 2 atom stereocenters. The van der Waals surface area contributed by atoms with Crippen LogP contribution in [0, 0.1) is 11.8 Å². The third-order valence-corrected chi connectivity index (χ3v) is 15.9. The fraction of sp³-hybridized carbons (Fsp3) is 0.219. The van der Waals surface area contributed by atoms with E-state index in [1.807, 2.05) is 6.08 Å². The lowest BCUT2D eigenvalue weighted by Crippen LogP contribution is -2.55. The van der Waals surface area contributed by atoms with E-state index in [4.69, 9.17) is 0 Å². The van der Waals surface area contributed by atoms with E-state index in [9.17, 15) is 0 Å². The Labute approximate surface area is 396 Å². The van der Waals surface area contributed by atoms with Gasteiger partial charge in [-0.15, -0.1) is 0 Å². The van der Waals surface area contributed by atoms with Crippen molar-refractivity contribution in [3.05, 3.63) is 229 Å². The SMILES string of the molecule is C=Cc1ccc(C23CC4CC(C2)CC(c2ccc(N(c5ccc(CCCC)cc5)c5ccc(N(c6ccccc6)c6ccc7c(c6)c6ccccc6n7-c6ccccc6)cc5)cc2)(C4)C3)cc1. The average Bonchev–Trinajstić information content (AvgIpc) is 3.71. The molecule has 13 rings (SSSR count). The van der Waals surface area contributed by atoms with Crippen LogP contribution in [-0.4, -0.2) is 4.57 Å². The van der Waals surface area contributed by atoms with E-state index < -0.39 is 0 Å². The van der Waals surface area contributed by atoms with Gasteiger partial charge in [-0.3, -0.25) is 0 Å². The fourth-order valence-electron chi connectivity index (χ4n) is 13.2. The number of nitrogens with zero attached hydrogens (tertiary/aromatic N) is 3. The summed E-state index contributed by atoms with van der Waals surface area (Å²) >= 11 is 0. The molecule has 0 spiro atoms. The van der Waals surface area contributed by atoms with Gasteiger partial charge in [0.05, 0.1) is 11.0 Å². The van der Waals surface area contributed by atoms with Gasteiger partial charge in [-0.2, -0.15) is 0 Å². The molecule has 0 amide bonds. The van der Waals surface area contributed by atoms with Crippen molar-refractivity contribution in [2.75, 3.05) is 9.80 Å². The molecule has 4 bridgehead atoms. The zero-order valence-electron chi connectivity index (χ0n) is 38.7. The van der Waals surface area contributed by atoms with E-state index in [1.54, 1.807) is 5.56 Å². The van der Waals surface area contributed by atoms with Crippen molar-refractivity contribution in [1.29, 1.82) is 0 Å². The lowest BCUT2D eigenvalue weighted by atomic mass is 9.42. The summed E-state index contributed by atoms with van der Waals surface area (Å²) in [6, 6.07) is 75.0. The maximum atomic E-state index is 4.03. The Morgan fingerprint density at radius 2 is 0.985 bits per heavy atom. The van der Waals surface area contributed by atoms with Gasteiger partial charge in [0.15, 0.2) is 0 Å². The standard InChI is InChI=1S/C64H59N3/c1-3-5-14-47-23-29-54(30-24-47)65(55-31-27-51(28-32-55)64-43-48-39-49(44-64)42-63(41-48,45-64)50-25-21-46(4-2)22-26-50)56-33-35-57(36-34-56)66(52-15-8-6-9-16-52)58-37-38-62-60(40-58)59-19-12-13-20-61(59)67(62)53-17-10-7-11-18-53/h4,6-13,15-38,40,48-49H,2-3,5,14,39,41-45H2,1H3. The van der Waals surface area contributed by atoms with Gasteiger partial charge in [0.1, 0.15) is 0 Å². The first-order valence-electron chi connectivity index (χ1n) is 24.8. The Bertz CT molecular complexity index is 3170. The summed E-state index contributed by atoms with van der Waals surface area (Å²) in [5, 5.41) is 2.48. The second-order valence-electron chi connectivity index (χ2n) is 20.1. The molecule has 2 unspecified atom stereocenters. The maximum absolute atomic E-state index is 4.03. The number of benzene rings is 8. The van der Waals surface area contributed by atoms with Crippen molar-refractivity contribution in [1.82, 2.24) is 4.57 Å². The number of anilines is 6. The van der Waals surface area contributed by atoms with Crippen LogP contribution < -0.4 is 9.80 Å². The highest BCUT2D eigenvalue weighted by atomic mass is 15.2. The molecule has 1 aromatic heterocycles. The summed E-state index contributed by atoms with van der Waals surface area (Å²) in [6.45, 7) is 6.30. The largest absolute Gasteiger partial charge is 0.311 e. The molecular formula is C64H59N3. The van der Waals surface area contributed by atoms with Crippen LogP contribution in [0.4, 0.5) is 34.1 Å². The molecule has 0 radical (unpaired) electrons. The number of hydrogen-bond donors (Lipinski definition) is 0. The molecule has 1 heterocycles. The molecule has 0 N–H and O–H groups in total. The lowest BCUT2D eigenvalue weighted by molar-refractivity contribution is -0.0281. The van der Waals surface area contributed by atoms with Gasteiger partial charge in [0.25, 0.3) is 0 Å². The Balaban J connectivity index is 0.912. The van der Waals surface area contributed by atoms with Gasteiger partial charge in [0.2, 0.25) is 0 Å². The van der Waals surface area contributed by atoms with Crippen LogP contribution in [-0.2, 0) is 17.3 Å². The van der Waals surface area contributed by atoms with Crippen LogP contribution in [0.15, 0.2) is 207 Å². The van der Waals surface area contributed by atoms with Gasteiger partial charge in [-0.05, 0) is 193 Å². The third kappa shape index (κ3) is 7.37. The molecule has 4 aliphatic rings. The molecule has 9 aromatic rings. The monoisotopic (exact) mass is 869 g/mol. The predicted molar refractivity (Wildman–Crippen MR) is 283 cm³/mol. The molecule has 0 saturated heterocycles. The van der Waals surface area contributed by atoms with Crippen LogP contribution >= 0.6 is 0 Å². The molecular weight excluding hydrogens is 811 g/mol. The van der Waals surface area contributed by atoms with Gasteiger partial charge in [-0.1, -0.05) is 129 Å². The summed E-state index contributed by atoms with van der Waals surface area (Å²) < 4.78 is 2.39. The fourth-order valence-corrected chi connectivity index (χ4v) is 13.2. The lowest BCUT2D eigenvalue weighted by Gasteiger charge is -2.63. The topological polar surface area (TPSA) is 11.4 Å². The first-order chi connectivity index (χ1) is 33.0. The zero-order chi connectivity index (χ0) is 45.0. The number of hydrogen-bond acceptors (Lipinski definition) is 2. The maximum Gasteiger partial charge on any atom is 0.0542 e. The molecule has 8 aromatic carbocycles. The number of aromatic nitrogens is 1. The summed E-state index contributed by atoms with van der Waals surface area (Å²) in [6.07, 6.45) is 13.5. The van der Waals surface area contributed by atoms with Crippen molar-refractivity contribution in [3.63, 3.8) is 0 Å². The smallest absolute Gasteiger partial charge is 0.0542 e. The highest BCUT2D eigenvalue weighted by Crippen LogP contribution is 2.66. The summed E-state index contributed by atoms with van der Waals surface area (Å²) in [5.74, 6) is 1.60. The average molecular weight is 870 g/mol. The Hall–Kier alpha value is -7.10. The Morgan fingerprint density at radius 3 is 1.58 bits per heavy atom. The molecule has 3 heteroatoms. The van der Waals surface area contributed by atoms with Crippen LogP contribution in [0.2, 0.25) is 0 Å². The van der Waals surface area contributed by atoms with Crippen molar-refractivity contribution >= 4 is 62.0 Å². The number of rotatable bonds is 13. The van der Waals surface area contributed by atoms with Gasteiger partial charge < -0.3 is 14.4 Å². The molecule has 4 fully saturated rings. The quantitative estimate of drug-likeness (QED) is 0.114. The van der Waals surface area contributed by atoms with Gasteiger partial charge in [0, 0.05) is 50.6 Å². The second kappa shape index (κ2) is 17.0. The molecule has 0 aliphatic heterocycles. The van der Waals surface area contributed by atoms with E-state index >= 15 is 0 Å². The van der Waals surface area contributed by atoms with E-state index in [-0.39, 0.29) is 10.8 Å². The van der Waals surface area contributed by atoms with Crippen LogP contribution in [0.25, 0.3) is 33.6 Å². The first kappa shape index (κ1) is 41.3. The number of para-hydroxylation sites is 3. The zero-order valence-corrected chi connectivity index (χ0v) is 38.7. The number of fused-ring (bicyclic) bond motifs is 3. The van der Waals surface area contributed by atoms with Crippen LogP contribution in [0.1, 0.15) is 80.5 Å². The minimum absolute atomic E-state index is 0.230.